The standard InChI is InChI=1S/C12H25NS/c1-2-3-4-10-14-11-7-12-5-8-13-9-6-12/h12-13H,2-11H2,1H3. The highest BCUT2D eigenvalue weighted by Crippen LogP contribution is 2.19. The molecule has 1 fully saturated rings. The lowest BCUT2D eigenvalue weighted by atomic mass is 9.96. The van der Waals surface area contributed by atoms with E-state index in [9.17, 15) is 0 Å². The minimum absolute atomic E-state index is 1.02. The van der Waals surface area contributed by atoms with Gasteiger partial charge in [-0.1, -0.05) is 19.8 Å². The lowest BCUT2D eigenvalue weighted by Crippen LogP contribution is -2.27. The van der Waals surface area contributed by atoms with Gasteiger partial charge in [-0.15, -0.1) is 0 Å². The van der Waals surface area contributed by atoms with Crippen LogP contribution in [0.3, 0.4) is 0 Å². The van der Waals surface area contributed by atoms with Crippen molar-refractivity contribution in [3.05, 3.63) is 0 Å². The molecule has 0 spiro atoms. The Bertz CT molecular complexity index is 121. The molecule has 0 bridgehead atoms. The van der Waals surface area contributed by atoms with Crippen LogP contribution >= 0.6 is 11.8 Å². The Morgan fingerprint density at radius 1 is 1.14 bits per heavy atom. The van der Waals surface area contributed by atoms with Crippen molar-refractivity contribution in [3.63, 3.8) is 0 Å². The highest BCUT2D eigenvalue weighted by Gasteiger charge is 2.11. The van der Waals surface area contributed by atoms with Crippen LogP contribution < -0.4 is 5.32 Å². The van der Waals surface area contributed by atoms with Crippen LogP contribution in [-0.2, 0) is 0 Å². The first-order valence-corrected chi connectivity index (χ1v) is 7.37. The third-order valence-electron chi connectivity index (χ3n) is 3.02. The average molecular weight is 215 g/mol. The van der Waals surface area contributed by atoms with Gasteiger partial charge in [-0.25, -0.2) is 0 Å². The van der Waals surface area contributed by atoms with E-state index in [0.717, 1.165) is 5.92 Å². The number of hydrogen-bond acceptors (Lipinski definition) is 2. The fourth-order valence-corrected chi connectivity index (χ4v) is 3.09. The summed E-state index contributed by atoms with van der Waals surface area (Å²) in [4.78, 5) is 0. The molecule has 1 saturated heterocycles. The molecule has 14 heavy (non-hydrogen) atoms. The van der Waals surface area contributed by atoms with Crippen molar-refractivity contribution in [1.29, 1.82) is 0 Å². The molecule has 1 aliphatic heterocycles. The number of piperidine rings is 1. The van der Waals surface area contributed by atoms with E-state index in [1.54, 1.807) is 0 Å². The summed E-state index contributed by atoms with van der Waals surface area (Å²) in [5.74, 6) is 3.81. The van der Waals surface area contributed by atoms with Crippen LogP contribution in [0.1, 0.15) is 45.4 Å². The van der Waals surface area contributed by atoms with Crippen molar-refractivity contribution in [1.82, 2.24) is 5.32 Å². The highest BCUT2D eigenvalue weighted by atomic mass is 32.2. The van der Waals surface area contributed by atoms with Gasteiger partial charge in [0.2, 0.25) is 0 Å². The van der Waals surface area contributed by atoms with Crippen LogP contribution in [-0.4, -0.2) is 24.6 Å². The molecule has 1 heterocycles. The zero-order chi connectivity index (χ0) is 10.1. The molecule has 0 radical (unpaired) electrons. The fraction of sp³-hybridized carbons (Fsp3) is 1.00. The molecule has 2 heteroatoms. The van der Waals surface area contributed by atoms with Crippen LogP contribution in [0.15, 0.2) is 0 Å². The molecule has 0 aromatic heterocycles. The fourth-order valence-electron chi connectivity index (χ4n) is 1.98. The summed E-state index contributed by atoms with van der Waals surface area (Å²) in [6.45, 7) is 4.79. The molecule has 0 atom stereocenters. The molecule has 0 amide bonds. The second kappa shape index (κ2) is 8.60. The first kappa shape index (κ1) is 12.4. The predicted molar refractivity (Wildman–Crippen MR) is 67.1 cm³/mol. The van der Waals surface area contributed by atoms with E-state index in [2.05, 4.69) is 24.0 Å². The zero-order valence-electron chi connectivity index (χ0n) is 9.56. The Morgan fingerprint density at radius 2 is 1.93 bits per heavy atom. The molecule has 0 aromatic carbocycles. The van der Waals surface area contributed by atoms with Gasteiger partial charge < -0.3 is 5.32 Å². The minimum Gasteiger partial charge on any atom is -0.317 e. The maximum Gasteiger partial charge on any atom is -0.00463 e. The van der Waals surface area contributed by atoms with E-state index in [4.69, 9.17) is 0 Å². The lowest BCUT2D eigenvalue weighted by molar-refractivity contribution is 0.367. The van der Waals surface area contributed by atoms with Gasteiger partial charge in [0.1, 0.15) is 0 Å². The molecule has 0 aromatic rings. The van der Waals surface area contributed by atoms with Crippen LogP contribution in [0.2, 0.25) is 0 Å². The Kier molecular flexibility index (Phi) is 7.61. The van der Waals surface area contributed by atoms with E-state index in [1.165, 1.54) is 63.1 Å². The number of unbranched alkanes of at least 4 members (excludes halogenated alkanes) is 2. The van der Waals surface area contributed by atoms with Gasteiger partial charge in [-0.2, -0.15) is 11.8 Å². The normalized spacial score (nSPS) is 18.6. The van der Waals surface area contributed by atoms with Crippen LogP contribution in [0.25, 0.3) is 0 Å². The van der Waals surface area contributed by atoms with Crippen LogP contribution in [0, 0.1) is 5.92 Å². The summed E-state index contributed by atoms with van der Waals surface area (Å²) in [5.41, 5.74) is 0. The Hall–Kier alpha value is 0.310. The summed E-state index contributed by atoms with van der Waals surface area (Å²) in [6, 6.07) is 0. The lowest BCUT2D eigenvalue weighted by Gasteiger charge is -2.22. The minimum atomic E-state index is 1.02. The quantitative estimate of drug-likeness (QED) is 0.654. The Labute approximate surface area is 93.4 Å². The van der Waals surface area contributed by atoms with Crippen LogP contribution in [0.5, 0.6) is 0 Å². The number of thioether (sulfide) groups is 1. The maximum absolute atomic E-state index is 3.43. The maximum atomic E-state index is 3.43. The second-order valence-electron chi connectivity index (χ2n) is 4.30. The van der Waals surface area contributed by atoms with Gasteiger partial charge in [-0.3, -0.25) is 0 Å². The van der Waals surface area contributed by atoms with E-state index in [0.29, 0.717) is 0 Å². The molecule has 84 valence electrons. The summed E-state index contributed by atoms with van der Waals surface area (Å²) >= 11 is 2.17. The topological polar surface area (TPSA) is 12.0 Å². The van der Waals surface area contributed by atoms with Gasteiger partial charge in [0.05, 0.1) is 0 Å². The molecular weight excluding hydrogens is 190 g/mol. The van der Waals surface area contributed by atoms with Gasteiger partial charge >= 0.3 is 0 Å². The monoisotopic (exact) mass is 215 g/mol. The van der Waals surface area contributed by atoms with E-state index in [-0.39, 0.29) is 0 Å². The number of hydrogen-bond donors (Lipinski definition) is 1. The first-order chi connectivity index (χ1) is 6.93. The van der Waals surface area contributed by atoms with Gasteiger partial charge in [-0.05, 0) is 56.2 Å². The van der Waals surface area contributed by atoms with Gasteiger partial charge in [0.15, 0.2) is 0 Å². The molecule has 0 unspecified atom stereocenters. The van der Waals surface area contributed by atoms with Crippen molar-refractivity contribution < 1.29 is 0 Å². The molecule has 0 saturated carbocycles. The first-order valence-electron chi connectivity index (χ1n) is 6.22. The van der Waals surface area contributed by atoms with Crippen LogP contribution in [0.4, 0.5) is 0 Å². The molecule has 1 nitrogen and oxygen atoms in total. The van der Waals surface area contributed by atoms with E-state index < -0.39 is 0 Å². The van der Waals surface area contributed by atoms with Gasteiger partial charge in [0.25, 0.3) is 0 Å². The molecule has 0 aliphatic carbocycles. The second-order valence-corrected chi connectivity index (χ2v) is 5.53. The molecule has 1 aliphatic rings. The zero-order valence-corrected chi connectivity index (χ0v) is 10.4. The highest BCUT2D eigenvalue weighted by molar-refractivity contribution is 7.99. The summed E-state index contributed by atoms with van der Waals surface area (Å²) in [5, 5.41) is 3.43. The predicted octanol–water partition coefficient (Wildman–Crippen LogP) is 3.30. The Balaban J connectivity index is 1.82. The largest absolute Gasteiger partial charge is 0.317 e. The van der Waals surface area contributed by atoms with E-state index >= 15 is 0 Å². The summed E-state index contributed by atoms with van der Waals surface area (Å²) in [6.07, 6.45) is 8.48. The van der Waals surface area contributed by atoms with Crippen molar-refractivity contribution in [2.45, 2.75) is 45.4 Å². The van der Waals surface area contributed by atoms with Crippen molar-refractivity contribution >= 4 is 11.8 Å². The van der Waals surface area contributed by atoms with Gasteiger partial charge in [0, 0.05) is 0 Å². The summed E-state index contributed by atoms with van der Waals surface area (Å²) < 4.78 is 0. The van der Waals surface area contributed by atoms with E-state index in [1.807, 2.05) is 0 Å². The Morgan fingerprint density at radius 3 is 2.64 bits per heavy atom. The summed E-state index contributed by atoms with van der Waals surface area (Å²) in [7, 11) is 0. The van der Waals surface area contributed by atoms with Crippen molar-refractivity contribution in [3.8, 4) is 0 Å². The van der Waals surface area contributed by atoms with Crippen molar-refractivity contribution in [2.75, 3.05) is 24.6 Å². The molecule has 1 rings (SSSR count). The SMILES string of the molecule is CCCCCSCCC1CCNCC1. The number of rotatable bonds is 7. The number of nitrogens with one attached hydrogen (secondary N) is 1. The third kappa shape index (κ3) is 5.92. The average Bonchev–Trinajstić information content (AvgIpc) is 2.25. The van der Waals surface area contributed by atoms with Crippen molar-refractivity contribution in [2.24, 2.45) is 5.92 Å². The molecule has 1 N–H and O–H groups in total. The smallest absolute Gasteiger partial charge is 0.00463 e. The molecular formula is C12H25NS. The third-order valence-corrected chi connectivity index (χ3v) is 4.12.